The number of hydrogen-bond acceptors (Lipinski definition) is 3. The van der Waals surface area contributed by atoms with Gasteiger partial charge in [0.25, 0.3) is 0 Å². The van der Waals surface area contributed by atoms with E-state index in [1.54, 1.807) is 0 Å². The van der Waals surface area contributed by atoms with E-state index in [2.05, 4.69) is 23.9 Å². The van der Waals surface area contributed by atoms with E-state index in [0.717, 1.165) is 26.1 Å². The molecule has 0 saturated carbocycles. The van der Waals surface area contributed by atoms with Crippen LogP contribution in [0.25, 0.3) is 0 Å². The summed E-state index contributed by atoms with van der Waals surface area (Å²) in [4.78, 5) is 4.32. The average Bonchev–Trinajstić information content (AvgIpc) is 2.00. The predicted molar refractivity (Wildman–Crippen MR) is 57.0 cm³/mol. The van der Waals surface area contributed by atoms with Gasteiger partial charge in [-0.05, 0) is 34.5 Å². The fourth-order valence-electron chi connectivity index (χ4n) is 1.14. The Hall–Kier alpha value is -0.120. The van der Waals surface area contributed by atoms with Crippen molar-refractivity contribution in [3.63, 3.8) is 0 Å². The molecule has 13 heavy (non-hydrogen) atoms. The normalized spacial score (nSPS) is 16.6. The molecule has 0 saturated heterocycles. The van der Waals surface area contributed by atoms with Gasteiger partial charge in [0.2, 0.25) is 0 Å². The van der Waals surface area contributed by atoms with E-state index >= 15 is 0 Å². The second kappa shape index (κ2) is 5.58. The predicted octanol–water partition coefficient (Wildman–Crippen LogP) is 0.641. The summed E-state index contributed by atoms with van der Waals surface area (Å²) in [5, 5.41) is 9.80. The fourth-order valence-corrected chi connectivity index (χ4v) is 1.14. The molecule has 3 heteroatoms. The maximum absolute atomic E-state index is 9.80. The second-order valence-electron chi connectivity index (χ2n) is 4.39. The molecule has 0 aromatic rings. The molecule has 0 aliphatic heterocycles. The van der Waals surface area contributed by atoms with Crippen molar-refractivity contribution in [2.75, 3.05) is 40.8 Å². The van der Waals surface area contributed by atoms with Crippen LogP contribution in [0.1, 0.15) is 20.3 Å². The highest BCUT2D eigenvalue weighted by atomic mass is 16.3. The van der Waals surface area contributed by atoms with Gasteiger partial charge in [-0.1, -0.05) is 6.92 Å². The molecule has 1 N–H and O–H groups in total. The fraction of sp³-hybridized carbons (Fsp3) is 1.00. The van der Waals surface area contributed by atoms with Gasteiger partial charge in [-0.2, -0.15) is 0 Å². The molecule has 0 aliphatic carbocycles. The van der Waals surface area contributed by atoms with Crippen LogP contribution in [-0.2, 0) is 0 Å². The maximum atomic E-state index is 9.80. The Balaban J connectivity index is 3.67. The van der Waals surface area contributed by atoms with Crippen LogP contribution in [0.3, 0.4) is 0 Å². The van der Waals surface area contributed by atoms with Gasteiger partial charge in [0.05, 0.1) is 5.60 Å². The van der Waals surface area contributed by atoms with Crippen LogP contribution in [0.5, 0.6) is 0 Å². The summed E-state index contributed by atoms with van der Waals surface area (Å²) < 4.78 is 0. The van der Waals surface area contributed by atoms with Crippen LogP contribution < -0.4 is 0 Å². The summed E-state index contributed by atoms with van der Waals surface area (Å²) in [6, 6.07) is 0. The molecule has 3 nitrogen and oxygen atoms in total. The molecule has 0 radical (unpaired) electrons. The lowest BCUT2D eigenvalue weighted by Gasteiger charge is -2.28. The van der Waals surface area contributed by atoms with Gasteiger partial charge in [0.1, 0.15) is 0 Å². The van der Waals surface area contributed by atoms with Crippen molar-refractivity contribution in [3.05, 3.63) is 0 Å². The molecule has 0 bridgehead atoms. The third-order valence-corrected chi connectivity index (χ3v) is 2.30. The largest absolute Gasteiger partial charge is 0.389 e. The zero-order valence-electron chi connectivity index (χ0n) is 9.67. The Morgan fingerprint density at radius 3 is 2.08 bits per heavy atom. The minimum Gasteiger partial charge on any atom is -0.389 e. The molecule has 0 aromatic heterocycles. The minimum absolute atomic E-state index is 0.541. The van der Waals surface area contributed by atoms with Gasteiger partial charge >= 0.3 is 0 Å². The van der Waals surface area contributed by atoms with Crippen molar-refractivity contribution in [2.24, 2.45) is 0 Å². The first-order valence-electron chi connectivity index (χ1n) is 4.93. The highest BCUT2D eigenvalue weighted by Crippen LogP contribution is 2.09. The van der Waals surface area contributed by atoms with E-state index in [-0.39, 0.29) is 0 Å². The summed E-state index contributed by atoms with van der Waals surface area (Å²) in [6.45, 7) is 6.69. The number of rotatable bonds is 6. The van der Waals surface area contributed by atoms with E-state index < -0.39 is 5.60 Å². The summed E-state index contributed by atoms with van der Waals surface area (Å²) in [6.07, 6.45) is 0.805. The van der Waals surface area contributed by atoms with Crippen LogP contribution in [0.4, 0.5) is 0 Å². The second-order valence-corrected chi connectivity index (χ2v) is 4.39. The van der Waals surface area contributed by atoms with Gasteiger partial charge in [0, 0.05) is 19.6 Å². The van der Waals surface area contributed by atoms with Gasteiger partial charge in [-0.3, -0.25) is 0 Å². The molecule has 0 aromatic carbocycles. The van der Waals surface area contributed by atoms with E-state index in [1.165, 1.54) is 0 Å². The molecule has 1 unspecified atom stereocenters. The lowest BCUT2D eigenvalue weighted by Crippen LogP contribution is -2.40. The lowest BCUT2D eigenvalue weighted by molar-refractivity contribution is 0.0225. The third kappa shape index (κ3) is 6.99. The third-order valence-electron chi connectivity index (χ3n) is 2.30. The lowest BCUT2D eigenvalue weighted by atomic mass is 10.0. The smallest absolute Gasteiger partial charge is 0.0743 e. The van der Waals surface area contributed by atoms with Crippen molar-refractivity contribution in [1.29, 1.82) is 0 Å². The summed E-state index contributed by atoms with van der Waals surface area (Å²) in [5.41, 5.74) is -0.541. The summed E-state index contributed by atoms with van der Waals surface area (Å²) in [5.74, 6) is 0. The van der Waals surface area contributed by atoms with Crippen molar-refractivity contribution >= 4 is 0 Å². The Morgan fingerprint density at radius 1 is 1.15 bits per heavy atom. The molecule has 80 valence electrons. The first-order chi connectivity index (χ1) is 5.87. The van der Waals surface area contributed by atoms with E-state index in [0.29, 0.717) is 0 Å². The topological polar surface area (TPSA) is 26.7 Å². The molecule has 0 aliphatic rings. The molecule has 1 atom stereocenters. The van der Waals surface area contributed by atoms with Crippen LogP contribution >= 0.6 is 0 Å². The number of hydrogen-bond donors (Lipinski definition) is 1. The molecule has 0 amide bonds. The quantitative estimate of drug-likeness (QED) is 0.663. The molecule has 0 spiro atoms. The Kier molecular flexibility index (Phi) is 5.53. The van der Waals surface area contributed by atoms with Crippen molar-refractivity contribution < 1.29 is 5.11 Å². The van der Waals surface area contributed by atoms with Gasteiger partial charge in [-0.15, -0.1) is 0 Å². The first kappa shape index (κ1) is 12.9. The molecular formula is C10H24N2O. The van der Waals surface area contributed by atoms with Gasteiger partial charge in [-0.25, -0.2) is 0 Å². The minimum atomic E-state index is -0.541. The van der Waals surface area contributed by atoms with Crippen molar-refractivity contribution in [2.45, 2.75) is 25.9 Å². The highest BCUT2D eigenvalue weighted by Gasteiger charge is 2.19. The zero-order valence-corrected chi connectivity index (χ0v) is 9.67. The maximum Gasteiger partial charge on any atom is 0.0743 e. The van der Waals surface area contributed by atoms with Crippen LogP contribution in [-0.4, -0.2) is 61.3 Å². The van der Waals surface area contributed by atoms with Crippen molar-refractivity contribution in [1.82, 2.24) is 9.80 Å². The standard InChI is InChI=1S/C10H24N2O/c1-6-10(2,13)9-12(5)8-7-11(3)4/h13H,6-9H2,1-5H3. The molecule has 0 rings (SSSR count). The van der Waals surface area contributed by atoms with E-state index in [9.17, 15) is 5.11 Å². The highest BCUT2D eigenvalue weighted by molar-refractivity contribution is 4.74. The monoisotopic (exact) mass is 188 g/mol. The van der Waals surface area contributed by atoms with E-state index in [1.807, 2.05) is 20.9 Å². The Morgan fingerprint density at radius 2 is 1.69 bits per heavy atom. The van der Waals surface area contributed by atoms with Gasteiger partial charge in [0.15, 0.2) is 0 Å². The van der Waals surface area contributed by atoms with Gasteiger partial charge < -0.3 is 14.9 Å². The Bertz CT molecular complexity index is 135. The zero-order chi connectivity index (χ0) is 10.5. The molecular weight excluding hydrogens is 164 g/mol. The summed E-state index contributed by atoms with van der Waals surface area (Å²) in [7, 11) is 6.17. The number of nitrogens with zero attached hydrogens (tertiary/aromatic N) is 2. The number of likely N-dealkylation sites (N-methyl/N-ethyl adjacent to an activating group) is 2. The van der Waals surface area contributed by atoms with Crippen LogP contribution in [0.15, 0.2) is 0 Å². The van der Waals surface area contributed by atoms with E-state index in [4.69, 9.17) is 0 Å². The number of aliphatic hydroxyl groups is 1. The van der Waals surface area contributed by atoms with Crippen LogP contribution in [0, 0.1) is 0 Å². The first-order valence-corrected chi connectivity index (χ1v) is 4.93. The van der Waals surface area contributed by atoms with Crippen LogP contribution in [0.2, 0.25) is 0 Å². The molecule has 0 heterocycles. The molecule has 0 fully saturated rings. The van der Waals surface area contributed by atoms with Crippen molar-refractivity contribution in [3.8, 4) is 0 Å². The summed E-state index contributed by atoms with van der Waals surface area (Å²) >= 11 is 0. The SMILES string of the molecule is CCC(C)(O)CN(C)CCN(C)C. The Labute approximate surface area is 82.3 Å². The average molecular weight is 188 g/mol.